The molecule has 3 aromatic rings. The van der Waals surface area contributed by atoms with E-state index in [2.05, 4.69) is 33.7 Å². The van der Waals surface area contributed by atoms with Crippen molar-refractivity contribution in [3.8, 4) is 11.1 Å². The Balaban J connectivity index is 1.20. The lowest BCUT2D eigenvalue weighted by Crippen LogP contribution is -2.61. The van der Waals surface area contributed by atoms with Crippen LogP contribution < -0.4 is 16.1 Å². The Hall–Kier alpha value is -4.13. The highest BCUT2D eigenvalue weighted by atomic mass is 16.7. The van der Waals surface area contributed by atoms with Crippen LogP contribution in [0.2, 0.25) is 0 Å². The Kier molecular flexibility index (Phi) is 14.3. The maximum atomic E-state index is 13.8. The number of ether oxygens (including phenoxy) is 2. The van der Waals surface area contributed by atoms with Crippen LogP contribution in [-0.4, -0.2) is 63.2 Å². The number of unbranched alkanes of at least 4 members (excludes halogenated alkanes) is 1. The van der Waals surface area contributed by atoms with Gasteiger partial charge in [-0.25, -0.2) is 5.48 Å². The van der Waals surface area contributed by atoms with E-state index in [1.807, 2.05) is 75.4 Å². The Morgan fingerprint density at radius 1 is 0.804 bits per heavy atom. The second-order valence-corrected chi connectivity index (χ2v) is 16.8. The van der Waals surface area contributed by atoms with Gasteiger partial charge in [0.15, 0.2) is 6.29 Å². The fraction of sp³-hybridized carbons (Fsp3) is 0.533. The summed E-state index contributed by atoms with van der Waals surface area (Å²) in [4.78, 5) is 40.0. The Bertz CT molecular complexity index is 1780. The summed E-state index contributed by atoms with van der Waals surface area (Å²) in [7, 11) is 0. The summed E-state index contributed by atoms with van der Waals surface area (Å²) < 4.78 is 13.7. The number of nitrogens with zero attached hydrogens (tertiary/aromatic N) is 1. The molecule has 0 bridgehead atoms. The van der Waals surface area contributed by atoms with E-state index in [4.69, 9.17) is 14.7 Å². The van der Waals surface area contributed by atoms with Crippen molar-refractivity contribution in [1.29, 1.82) is 0 Å². The van der Waals surface area contributed by atoms with E-state index < -0.39 is 12.2 Å². The van der Waals surface area contributed by atoms with E-state index in [0.717, 1.165) is 52.6 Å². The third-order valence-electron chi connectivity index (χ3n) is 11.4. The first-order valence-electron chi connectivity index (χ1n) is 20.5. The molecule has 56 heavy (non-hydrogen) atoms. The maximum absolute atomic E-state index is 13.8. The third kappa shape index (κ3) is 11.3. The molecule has 3 aromatic carbocycles. The van der Waals surface area contributed by atoms with Crippen LogP contribution in [0, 0.1) is 5.92 Å². The van der Waals surface area contributed by atoms with Gasteiger partial charge in [0.2, 0.25) is 17.7 Å². The first-order chi connectivity index (χ1) is 27.0. The van der Waals surface area contributed by atoms with Crippen molar-refractivity contribution in [2.24, 2.45) is 5.92 Å². The van der Waals surface area contributed by atoms with Crippen molar-refractivity contribution >= 4 is 17.7 Å². The summed E-state index contributed by atoms with van der Waals surface area (Å²) in [6.07, 6.45) is 7.77. The van der Waals surface area contributed by atoms with E-state index in [1.54, 1.807) is 5.48 Å². The molecule has 5 N–H and O–H groups in total. The summed E-state index contributed by atoms with van der Waals surface area (Å²) in [5.41, 5.74) is 7.02. The van der Waals surface area contributed by atoms with Crippen molar-refractivity contribution < 1.29 is 34.2 Å². The number of likely N-dealkylation sites (tertiary alicyclic amines) is 1. The molecule has 0 radical (unpaired) electrons. The normalized spacial score (nSPS) is 24.2. The molecule has 3 aliphatic rings. The zero-order valence-electron chi connectivity index (χ0n) is 33.2. The highest BCUT2D eigenvalue weighted by Gasteiger charge is 2.44. The Morgan fingerprint density at radius 3 is 2.25 bits per heavy atom. The van der Waals surface area contributed by atoms with E-state index >= 15 is 0 Å². The lowest BCUT2D eigenvalue weighted by molar-refractivity contribution is -0.255. The minimum absolute atomic E-state index is 0.0244. The van der Waals surface area contributed by atoms with Gasteiger partial charge in [0.1, 0.15) is 0 Å². The van der Waals surface area contributed by atoms with Crippen LogP contribution in [0.1, 0.15) is 126 Å². The number of benzene rings is 3. The molecule has 1 aliphatic carbocycles. The number of fused-ring (bicyclic) bond motifs is 1. The molecule has 6 unspecified atom stereocenters. The largest absolute Gasteiger partial charge is 0.392 e. The van der Waals surface area contributed by atoms with Gasteiger partial charge in [-0.1, -0.05) is 73.5 Å². The average molecular weight is 769 g/mol. The van der Waals surface area contributed by atoms with Gasteiger partial charge in [-0.15, -0.1) is 0 Å². The standard InChI is InChI=1S/C45H60N4O7/c1-45(2,3)47-43(53)39-23-22-32-11-4-5-15-38(32)49(39)28-37-26-40(33-20-18-30(29-50)19-21-33)56-44(55-37)36-14-9-13-35(25-36)34-12-8-10-31(24-34)27-46-41(51)16-6-7-17-42(52)48-54/h8-10,12-14,18-21,24-25,32,37-40,44,50,54H,4-7,11,15-17,22-23,26-29H2,1-3H3,(H,46,51)(H,47,53)(H,48,52). The number of hydrogen-bond acceptors (Lipinski definition) is 8. The number of hydroxylamine groups is 1. The van der Waals surface area contributed by atoms with Crippen molar-refractivity contribution in [3.05, 3.63) is 95.1 Å². The van der Waals surface area contributed by atoms with Crippen LogP contribution in [0.3, 0.4) is 0 Å². The summed E-state index contributed by atoms with van der Waals surface area (Å²) in [6, 6.07) is 24.4. The molecule has 1 saturated carbocycles. The number of aliphatic hydroxyl groups excluding tert-OH is 1. The molecular formula is C45H60N4O7. The number of carbonyl (C=O) groups excluding carboxylic acids is 3. The minimum atomic E-state index is -0.643. The maximum Gasteiger partial charge on any atom is 0.243 e. The van der Waals surface area contributed by atoms with Crippen molar-refractivity contribution in [3.63, 3.8) is 0 Å². The number of carbonyl (C=O) groups is 3. The first-order valence-corrected chi connectivity index (χ1v) is 20.5. The molecule has 0 aromatic heterocycles. The smallest absolute Gasteiger partial charge is 0.243 e. The SMILES string of the molecule is CC(C)(C)NC(=O)C1CCC2CCCCC2N1CC1CC(c2ccc(CO)cc2)OC(c2cccc(-c3cccc(CNC(=O)CCCCC(=O)NO)c3)c2)O1. The summed E-state index contributed by atoms with van der Waals surface area (Å²) in [5, 5.41) is 24.6. The summed E-state index contributed by atoms with van der Waals surface area (Å²) in [6.45, 7) is 7.11. The molecule has 6 rings (SSSR count). The van der Waals surface area contributed by atoms with E-state index in [1.165, 1.54) is 19.3 Å². The van der Waals surface area contributed by atoms with Crippen LogP contribution in [0.25, 0.3) is 11.1 Å². The van der Waals surface area contributed by atoms with Crippen LogP contribution in [-0.2, 0) is 37.0 Å². The summed E-state index contributed by atoms with van der Waals surface area (Å²) >= 11 is 0. The second kappa shape index (κ2) is 19.3. The fourth-order valence-electron chi connectivity index (χ4n) is 8.64. The second-order valence-electron chi connectivity index (χ2n) is 16.8. The van der Waals surface area contributed by atoms with Gasteiger partial charge >= 0.3 is 0 Å². The van der Waals surface area contributed by atoms with Gasteiger partial charge in [-0.2, -0.15) is 0 Å². The van der Waals surface area contributed by atoms with Crippen molar-refractivity contribution in [1.82, 2.24) is 21.0 Å². The molecule has 11 nitrogen and oxygen atoms in total. The van der Waals surface area contributed by atoms with E-state index in [0.29, 0.717) is 50.7 Å². The summed E-state index contributed by atoms with van der Waals surface area (Å²) in [5.74, 6) is 0.146. The fourth-order valence-corrected chi connectivity index (χ4v) is 8.64. The minimum Gasteiger partial charge on any atom is -0.392 e. The number of hydrogen-bond donors (Lipinski definition) is 5. The zero-order chi connectivity index (χ0) is 39.7. The van der Waals surface area contributed by atoms with Gasteiger partial charge < -0.3 is 25.2 Å². The molecule has 11 heteroatoms. The predicted octanol–water partition coefficient (Wildman–Crippen LogP) is 7.01. The Labute approximate surface area is 331 Å². The highest BCUT2D eigenvalue weighted by Crippen LogP contribution is 2.42. The molecular weight excluding hydrogens is 709 g/mol. The van der Waals surface area contributed by atoms with Gasteiger partial charge in [0.05, 0.1) is 24.9 Å². The van der Waals surface area contributed by atoms with Gasteiger partial charge in [-0.3, -0.25) is 24.5 Å². The predicted molar refractivity (Wildman–Crippen MR) is 214 cm³/mol. The van der Waals surface area contributed by atoms with Gasteiger partial charge in [0.25, 0.3) is 0 Å². The molecule has 2 saturated heterocycles. The Morgan fingerprint density at radius 2 is 1.52 bits per heavy atom. The molecule has 3 amide bonds. The topological polar surface area (TPSA) is 149 Å². The highest BCUT2D eigenvalue weighted by molar-refractivity contribution is 5.82. The molecule has 0 spiro atoms. The quantitative estimate of drug-likeness (QED) is 0.0669. The van der Waals surface area contributed by atoms with Gasteiger partial charge in [0, 0.05) is 49.5 Å². The third-order valence-corrected chi connectivity index (χ3v) is 11.4. The molecule has 2 heterocycles. The lowest BCUT2D eigenvalue weighted by Gasteiger charge is -2.50. The molecule has 302 valence electrons. The molecule has 6 atom stereocenters. The van der Waals surface area contributed by atoms with Crippen LogP contribution in [0.15, 0.2) is 72.8 Å². The first kappa shape index (κ1) is 41.5. The number of rotatable bonds is 14. The van der Waals surface area contributed by atoms with Crippen molar-refractivity contribution in [2.75, 3.05) is 6.54 Å². The van der Waals surface area contributed by atoms with Crippen LogP contribution in [0.5, 0.6) is 0 Å². The lowest BCUT2D eigenvalue weighted by atomic mass is 9.75. The molecule has 2 aliphatic heterocycles. The zero-order valence-corrected chi connectivity index (χ0v) is 33.2. The average Bonchev–Trinajstić information content (AvgIpc) is 3.21. The number of piperidine rings is 1. The number of nitrogens with one attached hydrogen (secondary N) is 3. The monoisotopic (exact) mass is 768 g/mol. The van der Waals surface area contributed by atoms with Gasteiger partial charge in [-0.05, 0) is 105 Å². The van der Waals surface area contributed by atoms with Crippen LogP contribution >= 0.6 is 0 Å². The van der Waals surface area contributed by atoms with Crippen molar-refractivity contribution in [2.45, 2.75) is 141 Å². The van der Waals surface area contributed by atoms with Crippen LogP contribution in [0.4, 0.5) is 0 Å². The number of amides is 3. The number of aliphatic hydroxyl groups is 1. The van der Waals surface area contributed by atoms with E-state index in [9.17, 15) is 19.5 Å². The van der Waals surface area contributed by atoms with E-state index in [-0.39, 0.29) is 48.6 Å². The molecule has 3 fully saturated rings.